The Labute approximate surface area is 420 Å². The zero-order valence-corrected chi connectivity index (χ0v) is 43.4. The quantitative estimate of drug-likeness (QED) is 0.0402. The van der Waals surface area contributed by atoms with Gasteiger partial charge in [0.1, 0.15) is 6.10 Å². The second-order valence-corrected chi connectivity index (χ2v) is 21.7. The Morgan fingerprint density at radius 1 is 0.789 bits per heavy atom. The van der Waals surface area contributed by atoms with Crippen molar-refractivity contribution in [3.8, 4) is 11.5 Å². The zero-order chi connectivity index (χ0) is 51.9. The van der Waals surface area contributed by atoms with E-state index in [1.165, 1.54) is 4.31 Å². The number of hydrogen-bond acceptors (Lipinski definition) is 11. The van der Waals surface area contributed by atoms with Gasteiger partial charge < -0.3 is 30.0 Å². The fraction of sp³-hybridized carbons (Fsp3) is 0.482. The molecular weight excluding hydrogens is 923 g/mol. The van der Waals surface area contributed by atoms with Crippen molar-refractivity contribution < 1.29 is 51.7 Å². The van der Waals surface area contributed by atoms with Gasteiger partial charge in [0.25, 0.3) is 0 Å². The number of aliphatic hydroxyl groups is 1. The third-order valence-corrected chi connectivity index (χ3v) is 15.2. The Balaban J connectivity index is 1.30. The van der Waals surface area contributed by atoms with E-state index in [4.69, 9.17) is 14.2 Å². The number of Topliss-reactive ketones (excluding diaryl/α,β-unsaturated/α-hetero) is 2. The molecule has 5 rings (SSSR count). The van der Waals surface area contributed by atoms with Crippen LogP contribution in [0.25, 0.3) is 0 Å². The van der Waals surface area contributed by atoms with Gasteiger partial charge in [-0.2, -0.15) is 4.31 Å². The lowest BCUT2D eigenvalue weighted by Crippen LogP contribution is -2.51. The molecular formula is C56H73N3O11S. The third-order valence-electron chi connectivity index (χ3n) is 13.4. The fourth-order valence-electron chi connectivity index (χ4n) is 8.82. The van der Waals surface area contributed by atoms with Crippen molar-refractivity contribution in [1.29, 1.82) is 0 Å². The molecule has 0 bridgehead atoms. The molecule has 4 aromatic rings. The highest BCUT2D eigenvalue weighted by Crippen LogP contribution is 2.37. The van der Waals surface area contributed by atoms with Crippen LogP contribution in [0, 0.1) is 30.1 Å². The summed E-state index contributed by atoms with van der Waals surface area (Å²) in [6, 6.07) is 27.3. The molecule has 1 aliphatic rings. The lowest BCUT2D eigenvalue weighted by molar-refractivity contribution is -0.161. The summed E-state index contributed by atoms with van der Waals surface area (Å²) in [6.07, 6.45) is 1.20. The monoisotopic (exact) mass is 995 g/mol. The van der Waals surface area contributed by atoms with Crippen LogP contribution in [0.5, 0.6) is 11.5 Å². The zero-order valence-electron chi connectivity index (χ0n) is 42.6. The summed E-state index contributed by atoms with van der Waals surface area (Å²) < 4.78 is 46.3. The van der Waals surface area contributed by atoms with E-state index < -0.39 is 74.9 Å². The molecule has 1 saturated carbocycles. The van der Waals surface area contributed by atoms with Crippen LogP contribution in [-0.4, -0.2) is 86.6 Å². The third kappa shape index (κ3) is 15.8. The maximum absolute atomic E-state index is 14.2. The van der Waals surface area contributed by atoms with E-state index in [1.54, 1.807) is 82.7 Å². The van der Waals surface area contributed by atoms with Crippen LogP contribution < -0.4 is 20.1 Å². The van der Waals surface area contributed by atoms with Crippen LogP contribution in [0.4, 0.5) is 5.69 Å². The van der Waals surface area contributed by atoms with Gasteiger partial charge >= 0.3 is 5.97 Å². The van der Waals surface area contributed by atoms with Crippen molar-refractivity contribution in [2.24, 2.45) is 23.2 Å². The first-order valence-electron chi connectivity index (χ1n) is 24.7. The molecule has 0 aromatic heterocycles. The predicted octanol–water partition coefficient (Wildman–Crippen LogP) is 8.76. The normalized spacial score (nSPS) is 16.4. The van der Waals surface area contributed by atoms with Gasteiger partial charge in [-0.3, -0.25) is 24.0 Å². The number of ketones is 2. The van der Waals surface area contributed by atoms with Crippen LogP contribution in [0.15, 0.2) is 102 Å². The number of aryl methyl sites for hydroxylation is 2. The molecule has 5 atom stereocenters. The number of nitrogens with one attached hydrogen (secondary N) is 2. The van der Waals surface area contributed by atoms with Crippen molar-refractivity contribution in [3.63, 3.8) is 0 Å². The van der Waals surface area contributed by atoms with Gasteiger partial charge in [-0.15, -0.1) is 0 Å². The Morgan fingerprint density at radius 3 is 2.10 bits per heavy atom. The number of rotatable bonds is 26. The second kappa shape index (κ2) is 26.0. The molecule has 1 aliphatic carbocycles. The van der Waals surface area contributed by atoms with Gasteiger partial charge in [0, 0.05) is 43.0 Å². The Kier molecular flexibility index (Phi) is 20.5. The number of carbonyl (C=O) groups excluding carboxylic acids is 5. The van der Waals surface area contributed by atoms with Gasteiger partial charge in [0.15, 0.2) is 11.5 Å². The number of sulfonamides is 1. The topological polar surface area (TPSA) is 195 Å². The van der Waals surface area contributed by atoms with Crippen molar-refractivity contribution in [1.82, 2.24) is 9.62 Å². The van der Waals surface area contributed by atoms with Crippen molar-refractivity contribution in [2.75, 3.05) is 32.6 Å². The van der Waals surface area contributed by atoms with Gasteiger partial charge in [-0.25, -0.2) is 8.42 Å². The number of ether oxygens (including phenoxy) is 3. The van der Waals surface area contributed by atoms with E-state index in [2.05, 4.69) is 10.6 Å². The van der Waals surface area contributed by atoms with E-state index in [1.807, 2.05) is 70.2 Å². The molecule has 0 heterocycles. The molecule has 4 aromatic carbocycles. The predicted molar refractivity (Wildman–Crippen MR) is 273 cm³/mol. The van der Waals surface area contributed by atoms with E-state index in [9.17, 15) is 37.5 Å². The molecule has 3 N–H and O–H groups in total. The molecule has 0 saturated heterocycles. The summed E-state index contributed by atoms with van der Waals surface area (Å²) in [6.45, 7) is 10.9. The number of amides is 2. The van der Waals surface area contributed by atoms with Crippen LogP contribution in [0.2, 0.25) is 0 Å². The van der Waals surface area contributed by atoms with Crippen molar-refractivity contribution >= 4 is 45.1 Å². The van der Waals surface area contributed by atoms with Gasteiger partial charge in [0.05, 0.1) is 37.2 Å². The molecule has 0 radical (unpaired) electrons. The van der Waals surface area contributed by atoms with E-state index in [0.717, 1.165) is 29.5 Å². The van der Waals surface area contributed by atoms with E-state index in [0.29, 0.717) is 54.9 Å². The maximum atomic E-state index is 14.2. The average Bonchev–Trinajstić information content (AvgIpc) is 3.36. The number of methoxy groups -OCH3 is 2. The molecule has 0 spiro atoms. The lowest BCUT2D eigenvalue weighted by atomic mass is 9.72. The molecule has 71 heavy (non-hydrogen) atoms. The van der Waals surface area contributed by atoms with E-state index >= 15 is 0 Å². The highest BCUT2D eigenvalue weighted by molar-refractivity contribution is 7.89. The highest BCUT2D eigenvalue weighted by Gasteiger charge is 2.43. The minimum absolute atomic E-state index is 0.0592. The van der Waals surface area contributed by atoms with Crippen molar-refractivity contribution in [3.05, 3.63) is 119 Å². The summed E-state index contributed by atoms with van der Waals surface area (Å²) >= 11 is 0. The lowest BCUT2D eigenvalue weighted by Gasteiger charge is -2.32. The van der Waals surface area contributed by atoms with Crippen LogP contribution in [-0.2, 0) is 51.6 Å². The number of esters is 1. The number of nitrogens with zero attached hydrogens (tertiary/aromatic N) is 1. The second-order valence-electron chi connectivity index (χ2n) is 19.7. The van der Waals surface area contributed by atoms with Crippen LogP contribution >= 0.6 is 0 Å². The number of hydrogen-bond donors (Lipinski definition) is 3. The number of benzene rings is 4. The fourth-order valence-corrected chi connectivity index (χ4v) is 10.4. The SMILES string of the molecule is CCC(C)(C)C(=O)C(=O)C1CCCCC1C(=O)OC(CCc1ccc(OC)c(OC)c1)c1cccc(NC(=O)CCC(=O)N[C@@H](Cc2ccccc2)[C@H](O)CN(CC(C)C)S(=O)(=O)c2ccc(C)cc2)c1. The Hall–Kier alpha value is -5.90. The first-order valence-corrected chi connectivity index (χ1v) is 26.2. The highest BCUT2D eigenvalue weighted by atomic mass is 32.2. The summed E-state index contributed by atoms with van der Waals surface area (Å²) in [5, 5.41) is 17.5. The van der Waals surface area contributed by atoms with Crippen LogP contribution in [0.1, 0.15) is 114 Å². The minimum Gasteiger partial charge on any atom is -0.493 e. The Morgan fingerprint density at radius 2 is 1.45 bits per heavy atom. The largest absolute Gasteiger partial charge is 0.493 e. The van der Waals surface area contributed by atoms with Crippen molar-refractivity contribution in [2.45, 2.75) is 129 Å². The molecule has 0 aliphatic heterocycles. The standard InChI is InChI=1S/C56H73N3O11S/c1-9-56(5,6)54(64)53(63)44-20-13-14-21-45(44)55(65)70-48(28-24-40-25-29-49(68-7)50(33-40)69-8)41-18-15-19-42(34-41)57-51(61)30-31-52(62)58-46(32-39-16-11-10-12-17-39)47(60)36-59(35-37(2)3)71(66,67)43-26-22-38(4)23-27-43/h10-12,15-19,22-23,25-27,29,33-34,37,44-48,60H,9,13-14,20-21,24,28,30-32,35-36H2,1-8H3,(H,57,61)(H,58,62)/t44?,45?,46-,47+,48?/m0/s1. The number of anilines is 1. The number of aliphatic hydroxyl groups excluding tert-OH is 1. The van der Waals surface area contributed by atoms with Gasteiger partial charge in [0.2, 0.25) is 33.4 Å². The average molecular weight is 996 g/mol. The minimum atomic E-state index is -4.00. The summed E-state index contributed by atoms with van der Waals surface area (Å²) in [7, 11) is -0.897. The Bertz CT molecular complexity index is 2550. The smallest absolute Gasteiger partial charge is 0.310 e. The maximum Gasteiger partial charge on any atom is 0.310 e. The summed E-state index contributed by atoms with van der Waals surface area (Å²) in [4.78, 5) is 68.4. The molecule has 1 fully saturated rings. The van der Waals surface area contributed by atoms with Crippen LogP contribution in [0.3, 0.4) is 0 Å². The summed E-state index contributed by atoms with van der Waals surface area (Å²) in [5.41, 5.74) is 2.75. The van der Waals surface area contributed by atoms with Gasteiger partial charge in [-0.1, -0.05) is 114 Å². The molecule has 15 heteroatoms. The van der Waals surface area contributed by atoms with Gasteiger partial charge in [-0.05, 0) is 104 Å². The molecule has 384 valence electrons. The summed E-state index contributed by atoms with van der Waals surface area (Å²) in [5.74, 6) is -3.05. The molecule has 3 unspecified atom stereocenters. The molecule has 2 amide bonds. The first kappa shape index (κ1) is 56.0. The first-order chi connectivity index (χ1) is 33.8. The number of carbonyl (C=O) groups is 5. The molecule has 14 nitrogen and oxygen atoms in total. The van der Waals surface area contributed by atoms with E-state index in [-0.39, 0.29) is 43.2 Å².